The molecule has 208 valence electrons. The van der Waals surface area contributed by atoms with Gasteiger partial charge in [0.15, 0.2) is 34.9 Å². The van der Waals surface area contributed by atoms with Crippen molar-refractivity contribution in [2.24, 2.45) is 0 Å². The molecule has 0 heterocycles. The van der Waals surface area contributed by atoms with Crippen molar-refractivity contribution in [3.05, 3.63) is 152 Å². The molecule has 0 aliphatic heterocycles. The average Bonchev–Trinajstić information content (AvgIpc) is 3.52. The summed E-state index contributed by atoms with van der Waals surface area (Å²) in [4.78, 5) is 6.74. The van der Waals surface area contributed by atoms with Crippen LogP contribution in [0.3, 0.4) is 0 Å². The molecule has 4 aromatic carbocycles. The maximum absolute atomic E-state index is 14.1. The van der Waals surface area contributed by atoms with Gasteiger partial charge in [-0.2, -0.15) is 0 Å². The van der Waals surface area contributed by atoms with Gasteiger partial charge in [-0.05, 0) is 92.1 Å². The van der Waals surface area contributed by atoms with E-state index in [-0.39, 0.29) is 55.9 Å². The average molecular weight is 588 g/mol. The predicted molar refractivity (Wildman–Crippen MR) is 149 cm³/mol. The predicted octanol–water partition coefficient (Wildman–Crippen LogP) is 9.10. The standard InChI is InChI=1S/C34H10F6N4/c1-43-27(13-41)29-19-5-3-15(17-9-23(35)33(39)24(36)10-17)7-21(19)32-30(28(14-42)44-2)20-6-4-16(8-22(20)31(29)32)18-11-25(37)34(40)26(38)12-18/h3-12H/b29-27-,30-28+. The van der Waals surface area contributed by atoms with E-state index >= 15 is 0 Å². The lowest BCUT2D eigenvalue weighted by Gasteiger charge is -2.15. The van der Waals surface area contributed by atoms with Crippen LogP contribution >= 0.6 is 0 Å². The molecule has 0 radical (unpaired) electrons. The molecule has 0 spiro atoms. The van der Waals surface area contributed by atoms with Crippen molar-refractivity contribution in [3.63, 3.8) is 0 Å². The first-order chi connectivity index (χ1) is 21.1. The normalized spacial score (nSPS) is 15.0. The zero-order chi connectivity index (χ0) is 31.4. The fourth-order valence-electron chi connectivity index (χ4n) is 5.57. The number of nitrogens with zero attached hydrogens (tertiary/aromatic N) is 4. The highest BCUT2D eigenvalue weighted by Gasteiger charge is 2.40. The van der Waals surface area contributed by atoms with Crippen molar-refractivity contribution < 1.29 is 26.3 Å². The number of fused-ring (bicyclic) bond motifs is 4. The van der Waals surface area contributed by atoms with E-state index in [2.05, 4.69) is 9.69 Å². The van der Waals surface area contributed by atoms with Crippen LogP contribution in [-0.4, -0.2) is 0 Å². The second-order valence-electron chi connectivity index (χ2n) is 9.67. The van der Waals surface area contributed by atoms with E-state index in [1.54, 1.807) is 0 Å². The Morgan fingerprint density at radius 3 is 1.14 bits per heavy atom. The van der Waals surface area contributed by atoms with Gasteiger partial charge in [0.05, 0.1) is 25.3 Å². The molecule has 4 nitrogen and oxygen atoms in total. The molecule has 0 amide bonds. The Morgan fingerprint density at radius 1 is 0.500 bits per heavy atom. The summed E-state index contributed by atoms with van der Waals surface area (Å²) in [5.74, 6) is -8.98. The van der Waals surface area contributed by atoms with E-state index in [0.717, 1.165) is 24.3 Å². The lowest BCUT2D eigenvalue weighted by Crippen LogP contribution is -1.97. The van der Waals surface area contributed by atoms with Gasteiger partial charge in [0, 0.05) is 11.1 Å². The topological polar surface area (TPSA) is 56.3 Å². The minimum atomic E-state index is -1.65. The number of rotatable bonds is 2. The Hall–Kier alpha value is -6.36. The highest BCUT2D eigenvalue weighted by molar-refractivity contribution is 6.37. The van der Waals surface area contributed by atoms with Gasteiger partial charge in [-0.25, -0.2) is 46.6 Å². The minimum Gasteiger partial charge on any atom is -0.226 e. The van der Waals surface area contributed by atoms with Gasteiger partial charge in [-0.1, -0.05) is 24.3 Å². The molecule has 2 aliphatic rings. The van der Waals surface area contributed by atoms with Gasteiger partial charge >= 0.3 is 0 Å². The molecule has 0 N–H and O–H groups in total. The molecule has 6 rings (SSSR count). The van der Waals surface area contributed by atoms with E-state index in [9.17, 15) is 36.9 Å². The van der Waals surface area contributed by atoms with Crippen molar-refractivity contribution in [3.8, 4) is 34.4 Å². The van der Waals surface area contributed by atoms with E-state index in [1.165, 1.54) is 36.4 Å². The summed E-state index contributed by atoms with van der Waals surface area (Å²) in [5, 5.41) is 19.8. The van der Waals surface area contributed by atoms with Gasteiger partial charge in [0.1, 0.15) is 0 Å². The first kappa shape index (κ1) is 27.8. The van der Waals surface area contributed by atoms with Gasteiger partial charge in [0.25, 0.3) is 11.4 Å². The van der Waals surface area contributed by atoms with E-state index in [4.69, 9.17) is 13.1 Å². The second-order valence-corrected chi connectivity index (χ2v) is 9.67. The zero-order valence-electron chi connectivity index (χ0n) is 21.8. The number of benzene rings is 4. The van der Waals surface area contributed by atoms with E-state index in [1.807, 2.05) is 12.1 Å². The van der Waals surface area contributed by atoms with Crippen LogP contribution in [0.5, 0.6) is 0 Å². The van der Waals surface area contributed by atoms with Crippen LogP contribution in [0.25, 0.3) is 54.2 Å². The van der Waals surface area contributed by atoms with Crippen LogP contribution in [0, 0.1) is 70.7 Å². The number of hydrogen-bond donors (Lipinski definition) is 0. The lowest BCUT2D eigenvalue weighted by molar-refractivity contribution is 0.447. The second kappa shape index (κ2) is 10.2. The molecule has 4 aromatic rings. The fraction of sp³-hybridized carbons (Fsp3) is 0. The highest BCUT2D eigenvalue weighted by atomic mass is 19.2. The smallest absolute Gasteiger partial charge is 0.226 e. The summed E-state index contributed by atoms with van der Waals surface area (Å²) in [7, 11) is 0. The molecule has 0 fully saturated rings. The number of halogens is 6. The molecule has 0 unspecified atom stereocenters. The Kier molecular flexibility index (Phi) is 6.43. The summed E-state index contributed by atoms with van der Waals surface area (Å²) >= 11 is 0. The summed E-state index contributed by atoms with van der Waals surface area (Å²) < 4.78 is 83.8. The molecule has 0 saturated carbocycles. The van der Waals surface area contributed by atoms with Crippen LogP contribution in [0.15, 0.2) is 72.1 Å². The lowest BCUT2D eigenvalue weighted by atomic mass is 9.88. The monoisotopic (exact) mass is 588 g/mol. The third kappa shape index (κ3) is 3.98. The van der Waals surface area contributed by atoms with E-state index < -0.39 is 34.9 Å². The van der Waals surface area contributed by atoms with Crippen LogP contribution in [0.2, 0.25) is 0 Å². The van der Waals surface area contributed by atoms with Crippen molar-refractivity contribution in [1.29, 1.82) is 10.5 Å². The first-order valence-corrected chi connectivity index (χ1v) is 12.5. The third-order valence-electron chi connectivity index (χ3n) is 7.41. The number of hydrogen-bond acceptors (Lipinski definition) is 2. The summed E-state index contributed by atoms with van der Waals surface area (Å²) in [6.45, 7) is 15.3. The molecule has 0 atom stereocenters. The van der Waals surface area contributed by atoms with Crippen LogP contribution < -0.4 is 0 Å². The highest BCUT2D eigenvalue weighted by Crippen LogP contribution is 2.60. The maximum atomic E-state index is 14.1. The molecule has 10 heteroatoms. The first-order valence-electron chi connectivity index (χ1n) is 12.5. The van der Waals surface area contributed by atoms with Crippen molar-refractivity contribution >= 4 is 22.3 Å². The van der Waals surface area contributed by atoms with Gasteiger partial charge in [-0.15, -0.1) is 0 Å². The molecule has 0 bridgehead atoms. The molecular weight excluding hydrogens is 578 g/mol. The Bertz CT molecular complexity index is 2050. The molecule has 0 aromatic heterocycles. The minimum absolute atomic E-state index is 0.0242. The molecule has 0 saturated heterocycles. The quantitative estimate of drug-likeness (QED) is 0.102. The largest absolute Gasteiger partial charge is 0.270 e. The maximum Gasteiger partial charge on any atom is 0.270 e. The SMILES string of the molecule is [C-]#[N+]/C(C#N)=C1C2=C(/C(=C(\C#N)[N+]#[C-])c3ccc(-c4cc(F)c(F)c(F)c4)cc32)c2cc(-c3cc(F)c(F)c(F)c3)ccc2\1. The Labute approximate surface area is 245 Å². The number of allylic oxidation sites excluding steroid dienone is 6. The van der Waals surface area contributed by atoms with Crippen LogP contribution in [-0.2, 0) is 0 Å². The summed E-state index contributed by atoms with van der Waals surface area (Å²) in [5.41, 5.74) is 1.84. The van der Waals surface area contributed by atoms with Crippen LogP contribution in [0.1, 0.15) is 22.3 Å². The zero-order valence-corrected chi connectivity index (χ0v) is 21.8. The summed E-state index contributed by atoms with van der Waals surface area (Å²) in [6.07, 6.45) is 0. The Morgan fingerprint density at radius 2 is 0.841 bits per heavy atom. The third-order valence-corrected chi connectivity index (χ3v) is 7.41. The van der Waals surface area contributed by atoms with Crippen LogP contribution in [0.4, 0.5) is 26.3 Å². The fourth-order valence-corrected chi connectivity index (χ4v) is 5.57. The van der Waals surface area contributed by atoms with E-state index in [0.29, 0.717) is 22.3 Å². The molecular formula is C34H10F6N4. The molecule has 2 aliphatic carbocycles. The van der Waals surface area contributed by atoms with Crippen molar-refractivity contribution in [1.82, 2.24) is 0 Å². The van der Waals surface area contributed by atoms with Gasteiger partial charge in [-0.3, -0.25) is 0 Å². The van der Waals surface area contributed by atoms with Crippen molar-refractivity contribution in [2.75, 3.05) is 0 Å². The van der Waals surface area contributed by atoms with Gasteiger partial charge < -0.3 is 0 Å². The number of nitriles is 2. The van der Waals surface area contributed by atoms with Crippen molar-refractivity contribution in [2.45, 2.75) is 0 Å². The van der Waals surface area contributed by atoms with Gasteiger partial charge in [0.2, 0.25) is 0 Å². The molecule has 44 heavy (non-hydrogen) atoms. The summed E-state index contributed by atoms with van der Waals surface area (Å²) in [6, 6.07) is 15.8. The Balaban J connectivity index is 1.70.